The second kappa shape index (κ2) is 36.6. The molecule has 0 aliphatic rings. The number of hydrogen-bond acceptors (Lipinski definition) is 3. The molecule has 0 rings (SSSR count). The molecule has 4 nitrogen and oxygen atoms in total. The molecule has 0 aromatic heterocycles. The van der Waals surface area contributed by atoms with Gasteiger partial charge in [-0.25, -0.2) is 0 Å². The van der Waals surface area contributed by atoms with Gasteiger partial charge in [0.1, 0.15) is 0 Å². The van der Waals surface area contributed by atoms with Gasteiger partial charge >= 0.3 is 0 Å². The average molecular weight is 375 g/mol. The molecule has 1 N–H and O–H groups in total. The minimum Gasteiger partial charge on any atom is -0.783 e. The van der Waals surface area contributed by atoms with E-state index in [9.17, 15) is 0 Å². The van der Waals surface area contributed by atoms with Gasteiger partial charge < -0.3 is 20.1 Å². The van der Waals surface area contributed by atoms with E-state index in [2.05, 4.69) is 4.74 Å². The Kier molecular flexibility index (Phi) is 91.5. The molecule has 0 saturated carbocycles. The van der Waals surface area contributed by atoms with Crippen molar-refractivity contribution in [1.82, 2.24) is 0 Å². The summed E-state index contributed by atoms with van der Waals surface area (Å²) in [6, 6.07) is 0. The summed E-state index contributed by atoms with van der Waals surface area (Å²) >= 11 is 0. The smallest absolute Gasteiger partial charge is 0 e. The fourth-order valence-electron chi connectivity index (χ4n) is 0.0170. The van der Waals surface area contributed by atoms with Crippen LogP contribution in [0.15, 0.2) is 0 Å². The Morgan fingerprint density at radius 3 is 1.44 bits per heavy atom. The summed E-state index contributed by atoms with van der Waals surface area (Å²) in [4.78, 5) is 17.6. The zero-order chi connectivity index (χ0) is 6.12. The van der Waals surface area contributed by atoms with E-state index < -0.39 is 0 Å². The summed E-state index contributed by atoms with van der Waals surface area (Å²) in [6.45, 7) is 1.69. The van der Waals surface area contributed by atoms with Crippen molar-refractivity contribution >= 4 is 12.9 Å². The van der Waals surface area contributed by atoms with Crippen molar-refractivity contribution in [2.24, 2.45) is 0 Å². The van der Waals surface area contributed by atoms with E-state index in [0.29, 0.717) is 0 Å². The third-order valence-electron chi connectivity index (χ3n) is 0.0833. The molecule has 0 aromatic rings. The Bertz CT molecular complexity index is 48.3. The number of ether oxygens (including phenoxy) is 1. The predicted octanol–water partition coefficient (Wildman–Crippen LogP) is -0.199. The molecule has 1 radical (unpaired) electrons. The molecule has 6 heteroatoms. The maximum absolute atomic E-state index is 8.80. The van der Waals surface area contributed by atoms with Crippen LogP contribution in [0, 0.1) is 0 Å². The van der Waals surface area contributed by atoms with Crippen molar-refractivity contribution < 1.29 is 68.1 Å². The van der Waals surface area contributed by atoms with Gasteiger partial charge in [-0.15, -0.1) is 12.9 Å². The van der Waals surface area contributed by atoms with E-state index in [4.69, 9.17) is 15.3 Å². The third-order valence-corrected chi connectivity index (χ3v) is 0.0833. The molecule has 0 fully saturated rings. The fourth-order valence-corrected chi connectivity index (χ4v) is 0.0170. The number of nitrogens with one attached hydrogen (secondary N) is 1. The van der Waals surface area contributed by atoms with Crippen molar-refractivity contribution in [2.75, 3.05) is 7.05 Å². The minimum absolute atomic E-state index is 0. The van der Waals surface area contributed by atoms with Crippen LogP contribution in [0.5, 0.6) is 0 Å². The average Bonchev–Trinajstić information content (AvgIpc) is 1.75. The second-order valence-electron chi connectivity index (χ2n) is 0.269. The van der Waals surface area contributed by atoms with Gasteiger partial charge in [0.05, 0.1) is 0 Å². The van der Waals surface area contributed by atoms with Crippen LogP contribution in [-0.4, -0.2) is 20.0 Å². The van der Waals surface area contributed by atoms with Crippen LogP contribution in [0.4, 0.5) is 0 Å². The third kappa shape index (κ3) is 50.5. The number of hydrogen-bond donors (Lipinski definition) is 0. The number of rotatable bonds is 2. The van der Waals surface area contributed by atoms with Crippen LogP contribution in [0.25, 0.3) is 5.73 Å². The summed E-state index contributed by atoms with van der Waals surface area (Å²) in [7, 11) is 1.25. The molecule has 0 aromatic carbocycles. The monoisotopic (exact) mass is 375 g/mol. The Balaban J connectivity index is -0.0000000286. The maximum Gasteiger partial charge on any atom is 0 e. The first-order valence-corrected chi connectivity index (χ1v) is 1.32. The molecule has 0 amide bonds. The Hall–Kier alpha value is 0.892. The van der Waals surface area contributed by atoms with Gasteiger partial charge in [-0.2, -0.15) is 7.05 Å². The molecule has 0 atom stereocenters. The predicted molar refractivity (Wildman–Crippen MR) is 22.7 cm³/mol. The van der Waals surface area contributed by atoms with Crippen molar-refractivity contribution in [1.29, 1.82) is 0 Å². The van der Waals surface area contributed by atoms with E-state index in [1.54, 1.807) is 0 Å². The molecule has 0 heterocycles. The van der Waals surface area contributed by atoms with Crippen LogP contribution in [0.1, 0.15) is 0 Å². The molecule has 0 spiro atoms. The summed E-state index contributed by atoms with van der Waals surface area (Å²) in [5.74, 6) is 0. The normalized spacial score (nSPS) is 3.78. The SMILES string of the molecule is C[NH-].O=[C-]O[C-]=O.[W].[Y]. The zero-order valence-electron chi connectivity index (χ0n) is 4.71. The van der Waals surface area contributed by atoms with Gasteiger partial charge in [-0.05, 0) is 0 Å². The minimum atomic E-state index is 0. The molecule has 0 unspecified atom stereocenters. The molecule has 0 bridgehead atoms. The first kappa shape index (κ1) is 22.5. The van der Waals surface area contributed by atoms with Crippen LogP contribution < -0.4 is 0 Å². The number of carbonyl (C=O) groups excluding carboxylic acids is 2. The molecule has 51 valence electrons. The second-order valence-corrected chi connectivity index (χ2v) is 0.269. The van der Waals surface area contributed by atoms with E-state index in [1.807, 2.05) is 0 Å². The van der Waals surface area contributed by atoms with Crippen LogP contribution in [0.2, 0.25) is 0 Å². The maximum atomic E-state index is 8.80. The van der Waals surface area contributed by atoms with E-state index >= 15 is 0 Å². The van der Waals surface area contributed by atoms with Crippen molar-refractivity contribution in [3.63, 3.8) is 0 Å². The summed E-state index contributed by atoms with van der Waals surface area (Å²) < 4.78 is 3.22. The van der Waals surface area contributed by atoms with Gasteiger partial charge in [-0.3, -0.25) is 0 Å². The molecular weight excluding hydrogens is 371 g/mol. The first-order chi connectivity index (χ1) is 3.41. The van der Waals surface area contributed by atoms with Gasteiger partial charge in [-0.1, -0.05) is 0 Å². The van der Waals surface area contributed by atoms with Crippen LogP contribution in [0.3, 0.4) is 0 Å². The first-order valence-electron chi connectivity index (χ1n) is 1.32. The summed E-state index contributed by atoms with van der Waals surface area (Å²) in [5.41, 5.74) is 5.75. The van der Waals surface area contributed by atoms with Crippen LogP contribution in [-0.2, 0) is 68.1 Å². The van der Waals surface area contributed by atoms with Crippen LogP contribution >= 0.6 is 0 Å². The molecular formula is C3H4NO3WY-3. The van der Waals surface area contributed by atoms with Gasteiger partial charge in [0.25, 0.3) is 0 Å². The quantitative estimate of drug-likeness (QED) is 0.496. The topological polar surface area (TPSA) is 67.2 Å². The van der Waals surface area contributed by atoms with E-state index in [-0.39, 0.29) is 53.8 Å². The molecule has 0 aliphatic carbocycles. The zero-order valence-corrected chi connectivity index (χ0v) is 10.5. The standard InChI is InChI=1S/C2O3.CH4N.W.Y/c3-1-5-2-4;1-2;;/h;2H,1H3;;/q-2;-1;;. The molecule has 0 saturated heterocycles. The largest absolute Gasteiger partial charge is 0.783 e. The van der Waals surface area contributed by atoms with Crippen molar-refractivity contribution in [3.8, 4) is 0 Å². The summed E-state index contributed by atoms with van der Waals surface area (Å²) in [6.07, 6.45) is 0. The van der Waals surface area contributed by atoms with Crippen molar-refractivity contribution in [2.45, 2.75) is 0 Å². The Labute approximate surface area is 93.0 Å². The molecule has 9 heavy (non-hydrogen) atoms. The molecule has 0 aliphatic heterocycles. The van der Waals surface area contributed by atoms with Gasteiger partial charge in [0.15, 0.2) is 0 Å². The fraction of sp³-hybridized carbons (Fsp3) is 0.333. The summed E-state index contributed by atoms with van der Waals surface area (Å²) in [5, 5.41) is 0. The van der Waals surface area contributed by atoms with Gasteiger partial charge in [0.2, 0.25) is 0 Å². The van der Waals surface area contributed by atoms with E-state index in [0.717, 1.165) is 12.9 Å². The van der Waals surface area contributed by atoms with Crippen molar-refractivity contribution in [3.05, 3.63) is 5.73 Å². The Morgan fingerprint density at radius 1 is 1.22 bits per heavy atom. The Morgan fingerprint density at radius 2 is 1.44 bits per heavy atom. The van der Waals surface area contributed by atoms with E-state index in [1.165, 1.54) is 7.05 Å². The van der Waals surface area contributed by atoms with Gasteiger partial charge in [0, 0.05) is 53.8 Å².